The largest absolute Gasteiger partial charge is 0.352 e. The van der Waals surface area contributed by atoms with Crippen molar-refractivity contribution >= 4 is 17.2 Å². The Balaban J connectivity index is 1.52. The lowest BCUT2D eigenvalue weighted by molar-refractivity contribution is -0.120. The molecule has 15 heavy (non-hydrogen) atoms. The van der Waals surface area contributed by atoms with Gasteiger partial charge in [0.2, 0.25) is 5.91 Å². The molecule has 2 rings (SSSR count). The van der Waals surface area contributed by atoms with E-state index in [-0.39, 0.29) is 5.91 Å². The van der Waals surface area contributed by atoms with Gasteiger partial charge in [0.15, 0.2) is 0 Å². The SMILES string of the molecule is O=C(CNCCc1ccsc1)NC1CC1. The van der Waals surface area contributed by atoms with Crippen molar-refractivity contribution in [2.75, 3.05) is 13.1 Å². The van der Waals surface area contributed by atoms with Gasteiger partial charge in [-0.15, -0.1) is 0 Å². The van der Waals surface area contributed by atoms with Crippen LogP contribution in [0.15, 0.2) is 16.8 Å². The molecule has 1 aliphatic rings. The van der Waals surface area contributed by atoms with Gasteiger partial charge in [0, 0.05) is 6.04 Å². The molecule has 1 amide bonds. The fraction of sp³-hybridized carbons (Fsp3) is 0.545. The molecule has 0 radical (unpaired) electrons. The van der Waals surface area contributed by atoms with Crippen molar-refractivity contribution in [3.05, 3.63) is 22.4 Å². The molecule has 0 saturated heterocycles. The van der Waals surface area contributed by atoms with Crippen LogP contribution in [0.4, 0.5) is 0 Å². The highest BCUT2D eigenvalue weighted by Crippen LogP contribution is 2.18. The van der Waals surface area contributed by atoms with Crippen LogP contribution in [0.3, 0.4) is 0 Å². The van der Waals surface area contributed by atoms with Crippen molar-refractivity contribution in [1.82, 2.24) is 10.6 Å². The molecular formula is C11H16N2OS. The van der Waals surface area contributed by atoms with Crippen LogP contribution < -0.4 is 10.6 Å². The number of carbonyl (C=O) groups excluding carboxylic acids is 1. The Kier molecular flexibility index (Phi) is 3.75. The van der Waals surface area contributed by atoms with Gasteiger partial charge in [-0.3, -0.25) is 4.79 Å². The Bertz CT molecular complexity index is 306. The molecule has 0 aliphatic heterocycles. The third-order valence-electron chi connectivity index (χ3n) is 2.40. The number of nitrogens with one attached hydrogen (secondary N) is 2. The van der Waals surface area contributed by atoms with Gasteiger partial charge in [-0.1, -0.05) is 0 Å². The van der Waals surface area contributed by atoms with Crippen molar-refractivity contribution in [3.63, 3.8) is 0 Å². The second kappa shape index (κ2) is 5.28. The van der Waals surface area contributed by atoms with Gasteiger partial charge in [0.1, 0.15) is 0 Å². The van der Waals surface area contributed by atoms with E-state index in [1.54, 1.807) is 11.3 Å². The number of hydrogen-bond donors (Lipinski definition) is 2. The Labute approximate surface area is 93.9 Å². The molecule has 82 valence electrons. The summed E-state index contributed by atoms with van der Waals surface area (Å²) in [7, 11) is 0. The predicted molar refractivity (Wildman–Crippen MR) is 62.1 cm³/mol. The van der Waals surface area contributed by atoms with Crippen molar-refractivity contribution in [1.29, 1.82) is 0 Å². The summed E-state index contributed by atoms with van der Waals surface area (Å²) in [6.45, 7) is 1.31. The summed E-state index contributed by atoms with van der Waals surface area (Å²) in [5.74, 6) is 0.128. The first-order valence-corrected chi connectivity index (χ1v) is 6.30. The second-order valence-corrected chi connectivity index (χ2v) is 4.68. The molecule has 1 aliphatic carbocycles. The summed E-state index contributed by atoms with van der Waals surface area (Å²) in [6, 6.07) is 2.59. The lowest BCUT2D eigenvalue weighted by Gasteiger charge is -2.04. The van der Waals surface area contributed by atoms with Crippen molar-refractivity contribution < 1.29 is 4.79 Å². The predicted octanol–water partition coefficient (Wildman–Crippen LogP) is 1.16. The van der Waals surface area contributed by atoms with Gasteiger partial charge in [-0.05, 0) is 48.2 Å². The molecule has 1 aromatic heterocycles. The zero-order valence-corrected chi connectivity index (χ0v) is 9.48. The normalized spacial score (nSPS) is 15.2. The summed E-state index contributed by atoms with van der Waals surface area (Å²) < 4.78 is 0. The van der Waals surface area contributed by atoms with Crippen LogP contribution in [0.5, 0.6) is 0 Å². The average Bonchev–Trinajstić information content (AvgIpc) is 2.87. The maximum Gasteiger partial charge on any atom is 0.234 e. The molecule has 4 heteroatoms. The summed E-state index contributed by atoms with van der Waals surface area (Å²) in [5, 5.41) is 10.3. The van der Waals surface area contributed by atoms with Crippen molar-refractivity contribution in [2.45, 2.75) is 25.3 Å². The zero-order chi connectivity index (χ0) is 10.5. The minimum Gasteiger partial charge on any atom is -0.352 e. The molecule has 0 spiro atoms. The number of carbonyl (C=O) groups is 1. The molecular weight excluding hydrogens is 208 g/mol. The average molecular weight is 224 g/mol. The highest BCUT2D eigenvalue weighted by Gasteiger charge is 2.22. The summed E-state index contributed by atoms with van der Waals surface area (Å²) in [4.78, 5) is 11.3. The zero-order valence-electron chi connectivity index (χ0n) is 8.66. The minimum absolute atomic E-state index is 0.128. The van der Waals surface area contributed by atoms with Gasteiger partial charge in [-0.2, -0.15) is 11.3 Å². The molecule has 0 atom stereocenters. The quantitative estimate of drug-likeness (QED) is 0.712. The Morgan fingerprint density at radius 2 is 2.40 bits per heavy atom. The summed E-state index contributed by atoms with van der Waals surface area (Å²) >= 11 is 1.71. The van der Waals surface area contributed by atoms with E-state index >= 15 is 0 Å². The fourth-order valence-electron chi connectivity index (χ4n) is 1.38. The lowest BCUT2D eigenvalue weighted by Crippen LogP contribution is -2.35. The smallest absolute Gasteiger partial charge is 0.234 e. The summed E-state index contributed by atoms with van der Waals surface area (Å²) in [6.07, 6.45) is 3.31. The molecule has 3 nitrogen and oxygen atoms in total. The monoisotopic (exact) mass is 224 g/mol. The highest BCUT2D eigenvalue weighted by atomic mass is 32.1. The van der Waals surface area contributed by atoms with Crippen molar-refractivity contribution in [3.8, 4) is 0 Å². The molecule has 0 unspecified atom stereocenters. The van der Waals surface area contributed by atoms with Gasteiger partial charge >= 0.3 is 0 Å². The van der Waals surface area contributed by atoms with E-state index in [0.29, 0.717) is 12.6 Å². The number of rotatable bonds is 6. The van der Waals surface area contributed by atoms with Gasteiger partial charge in [-0.25, -0.2) is 0 Å². The molecule has 2 N–H and O–H groups in total. The standard InChI is InChI=1S/C11H16N2OS/c14-11(13-10-1-2-10)7-12-5-3-9-4-6-15-8-9/h4,6,8,10,12H,1-3,5,7H2,(H,13,14). The first-order chi connectivity index (χ1) is 7.34. The van der Waals surface area contributed by atoms with Gasteiger partial charge in [0.25, 0.3) is 0 Å². The van der Waals surface area contributed by atoms with E-state index in [9.17, 15) is 4.79 Å². The van der Waals surface area contributed by atoms with E-state index in [1.807, 2.05) is 0 Å². The van der Waals surface area contributed by atoms with Crippen LogP contribution >= 0.6 is 11.3 Å². The van der Waals surface area contributed by atoms with E-state index in [0.717, 1.165) is 25.8 Å². The number of amides is 1. The van der Waals surface area contributed by atoms with Crippen LogP contribution in [0.25, 0.3) is 0 Å². The Hall–Kier alpha value is -0.870. The number of thiophene rings is 1. The molecule has 0 aromatic carbocycles. The van der Waals surface area contributed by atoms with Crippen molar-refractivity contribution in [2.24, 2.45) is 0 Å². The molecule has 1 fully saturated rings. The van der Waals surface area contributed by atoms with Crippen LogP contribution in [0, 0.1) is 0 Å². The number of hydrogen-bond acceptors (Lipinski definition) is 3. The maximum atomic E-state index is 11.3. The first-order valence-electron chi connectivity index (χ1n) is 5.36. The third-order valence-corrected chi connectivity index (χ3v) is 3.13. The highest BCUT2D eigenvalue weighted by molar-refractivity contribution is 7.07. The second-order valence-electron chi connectivity index (χ2n) is 3.90. The molecule has 1 aromatic rings. The minimum atomic E-state index is 0.128. The lowest BCUT2D eigenvalue weighted by atomic mass is 10.2. The maximum absolute atomic E-state index is 11.3. The first kappa shape index (κ1) is 10.6. The van der Waals surface area contributed by atoms with Gasteiger partial charge in [0.05, 0.1) is 6.54 Å². The van der Waals surface area contributed by atoms with E-state index in [4.69, 9.17) is 0 Å². The molecule has 0 bridgehead atoms. The molecule has 1 heterocycles. The summed E-state index contributed by atoms with van der Waals surface area (Å²) in [5.41, 5.74) is 1.34. The van der Waals surface area contributed by atoms with Crippen LogP contribution in [0.1, 0.15) is 18.4 Å². The Morgan fingerprint density at radius 1 is 1.53 bits per heavy atom. The third kappa shape index (κ3) is 4.01. The van der Waals surface area contributed by atoms with Crippen LogP contribution in [-0.4, -0.2) is 25.0 Å². The fourth-order valence-corrected chi connectivity index (χ4v) is 2.08. The van der Waals surface area contributed by atoms with Crippen LogP contribution in [0.2, 0.25) is 0 Å². The van der Waals surface area contributed by atoms with E-state index < -0.39 is 0 Å². The molecule has 1 saturated carbocycles. The van der Waals surface area contributed by atoms with Gasteiger partial charge < -0.3 is 10.6 Å². The topological polar surface area (TPSA) is 41.1 Å². The van der Waals surface area contributed by atoms with E-state index in [1.165, 1.54) is 5.56 Å². The van der Waals surface area contributed by atoms with E-state index in [2.05, 4.69) is 27.5 Å². The Morgan fingerprint density at radius 3 is 3.07 bits per heavy atom. The van der Waals surface area contributed by atoms with Crippen LogP contribution in [-0.2, 0) is 11.2 Å².